The van der Waals surface area contributed by atoms with E-state index < -0.39 is 83.7 Å². The Morgan fingerprint density at radius 3 is 1.77 bits per heavy atom. The minimum Gasteiger partial charge on any atom is -0.462 e. The lowest BCUT2D eigenvalue weighted by atomic mass is 10.1. The van der Waals surface area contributed by atoms with E-state index in [2.05, 4.69) is 83.9 Å². The van der Waals surface area contributed by atoms with Gasteiger partial charge in [-0.05, 0) is 83.1 Å². The zero-order valence-corrected chi connectivity index (χ0v) is 43.3. The first-order valence-electron chi connectivity index (χ1n) is 25.3. The number of nitrogen functional groups attached to an aromatic ring is 1. The molecule has 0 aliphatic carbocycles. The first-order chi connectivity index (χ1) is 33.7. The van der Waals surface area contributed by atoms with E-state index in [0.717, 1.165) is 101 Å². The number of phosphoric ester groups is 2. The van der Waals surface area contributed by atoms with Crippen molar-refractivity contribution in [3.63, 3.8) is 0 Å². The van der Waals surface area contributed by atoms with E-state index in [1.54, 1.807) is 0 Å². The lowest BCUT2D eigenvalue weighted by molar-refractivity contribution is -0.161. The summed E-state index contributed by atoms with van der Waals surface area (Å²) in [5, 5.41) is 20.9. The third-order valence-electron chi connectivity index (χ3n) is 11.1. The van der Waals surface area contributed by atoms with Crippen LogP contribution in [0, 0.1) is 0 Å². The molecule has 0 radical (unpaired) electrons. The smallest absolute Gasteiger partial charge is 0.462 e. The van der Waals surface area contributed by atoms with Crippen molar-refractivity contribution < 1.29 is 66.3 Å². The van der Waals surface area contributed by atoms with Crippen molar-refractivity contribution in [3.05, 3.63) is 83.5 Å². The molecule has 6 N–H and O–H groups in total. The molecule has 0 spiro atoms. The molecule has 1 aliphatic heterocycles. The van der Waals surface area contributed by atoms with Crippen LogP contribution in [0.2, 0.25) is 0 Å². The van der Waals surface area contributed by atoms with Gasteiger partial charge in [-0.25, -0.2) is 13.9 Å². The number of carbonyl (C=O) groups is 2. The average Bonchev–Trinajstić information content (AvgIpc) is 3.59. The molecule has 2 rings (SSSR count). The average molecular weight is 1030 g/mol. The fourth-order valence-corrected chi connectivity index (χ4v) is 9.29. The molecule has 1 aliphatic rings. The maximum absolute atomic E-state index is 12.9. The van der Waals surface area contributed by atoms with Gasteiger partial charge in [-0.1, -0.05) is 139 Å². The fourth-order valence-electron chi connectivity index (χ4n) is 7.18. The predicted molar refractivity (Wildman–Crippen MR) is 270 cm³/mol. The predicted octanol–water partition coefficient (Wildman–Crippen LogP) is 10.3. The minimum absolute atomic E-state index is 0.0183. The van der Waals surface area contributed by atoms with Crippen molar-refractivity contribution in [2.24, 2.45) is 0 Å². The van der Waals surface area contributed by atoms with E-state index in [-0.39, 0.29) is 18.7 Å². The van der Waals surface area contributed by atoms with Crippen molar-refractivity contribution in [1.82, 2.24) is 9.55 Å². The Morgan fingerprint density at radius 1 is 0.700 bits per heavy atom. The van der Waals surface area contributed by atoms with Gasteiger partial charge in [-0.2, -0.15) is 9.29 Å². The van der Waals surface area contributed by atoms with Crippen LogP contribution in [0.15, 0.2) is 77.8 Å². The standard InChI is InChI=1S/C50H83N3O15P2/c1-3-5-7-9-11-13-15-17-19-20-22-24-26-28-30-32-34-36-46(55)66-42(39-63-45(54)35-33-31-29-27-25-23-21-18-16-14-12-10-8-6-4-2)40-64-69(59,60)68-70(61,62)65-41-43-47(56)48(57)49(67-43)53-38-37-44(51)52-50(53)58/h5,7,11,13,17-19,21-22,24,37-38,42-43,47-49,56-57H,3-4,6,8-10,12,14-16,20,23,25-36,39-41H2,1-2H3,(H,59,60)(H,61,62)(H2,51,52,58)/t42-,43-,47+,48?,49-/m1/s1. The second-order valence-corrected chi connectivity index (χ2v) is 20.3. The van der Waals surface area contributed by atoms with Crippen LogP contribution in [0.4, 0.5) is 5.82 Å². The Bertz CT molecular complexity index is 1910. The summed E-state index contributed by atoms with van der Waals surface area (Å²) in [6.45, 7) is 2.00. The van der Waals surface area contributed by atoms with Crippen molar-refractivity contribution in [1.29, 1.82) is 0 Å². The summed E-state index contributed by atoms with van der Waals surface area (Å²) in [5.41, 5.74) is 4.58. The number of nitrogens with zero attached hydrogens (tertiary/aromatic N) is 2. The highest BCUT2D eigenvalue weighted by Crippen LogP contribution is 2.60. The minimum atomic E-state index is -5.43. The molecule has 3 unspecified atom stereocenters. The summed E-state index contributed by atoms with van der Waals surface area (Å²) in [6.07, 6.45) is 37.3. The molecule has 1 saturated heterocycles. The summed E-state index contributed by atoms with van der Waals surface area (Å²) >= 11 is 0. The van der Waals surface area contributed by atoms with Gasteiger partial charge in [-0.3, -0.25) is 23.2 Å². The lowest BCUT2D eigenvalue weighted by Crippen LogP contribution is -2.36. The normalized spacial score (nSPS) is 19.7. The molecule has 18 nitrogen and oxygen atoms in total. The Morgan fingerprint density at radius 2 is 1.20 bits per heavy atom. The zero-order valence-electron chi connectivity index (χ0n) is 41.6. The van der Waals surface area contributed by atoms with E-state index >= 15 is 0 Å². The van der Waals surface area contributed by atoms with Crippen LogP contribution in [-0.4, -0.2) is 85.7 Å². The first-order valence-corrected chi connectivity index (χ1v) is 28.3. The van der Waals surface area contributed by atoms with Gasteiger partial charge in [0.25, 0.3) is 0 Å². The number of allylic oxidation sites excluding steroid dienone is 10. The zero-order chi connectivity index (χ0) is 51.3. The summed E-state index contributed by atoms with van der Waals surface area (Å²) in [5.74, 6) is -1.34. The molecule has 0 amide bonds. The third kappa shape index (κ3) is 30.4. The molecule has 1 fully saturated rings. The van der Waals surface area contributed by atoms with Gasteiger partial charge in [0.1, 0.15) is 30.7 Å². The summed E-state index contributed by atoms with van der Waals surface area (Å²) in [7, 11) is -10.9. The topological polar surface area (TPSA) is 265 Å². The number of ether oxygens (including phenoxy) is 3. The van der Waals surface area contributed by atoms with Gasteiger partial charge in [0, 0.05) is 19.0 Å². The first kappa shape index (κ1) is 62.6. The molecule has 20 heteroatoms. The highest BCUT2D eigenvalue weighted by molar-refractivity contribution is 7.61. The maximum Gasteiger partial charge on any atom is 0.481 e. The van der Waals surface area contributed by atoms with Gasteiger partial charge >= 0.3 is 33.3 Å². The monoisotopic (exact) mass is 1030 g/mol. The van der Waals surface area contributed by atoms with E-state index in [1.165, 1.54) is 44.6 Å². The number of unbranched alkanes of at least 4 members (excludes halogenated alkanes) is 15. The van der Waals surface area contributed by atoms with Crippen molar-refractivity contribution in [3.8, 4) is 0 Å². The van der Waals surface area contributed by atoms with Gasteiger partial charge in [-0.15, -0.1) is 0 Å². The summed E-state index contributed by atoms with van der Waals surface area (Å²) in [6, 6.07) is 1.25. The van der Waals surface area contributed by atoms with Gasteiger partial charge in [0.15, 0.2) is 12.3 Å². The van der Waals surface area contributed by atoms with Gasteiger partial charge in [0.05, 0.1) is 13.2 Å². The number of anilines is 1. The van der Waals surface area contributed by atoms with E-state index in [9.17, 15) is 43.5 Å². The van der Waals surface area contributed by atoms with E-state index in [4.69, 9.17) is 29.0 Å². The van der Waals surface area contributed by atoms with Crippen molar-refractivity contribution >= 4 is 33.4 Å². The summed E-state index contributed by atoms with van der Waals surface area (Å²) in [4.78, 5) is 61.9. The molecule has 1 aromatic heterocycles. The number of phosphoric acid groups is 2. The molecule has 0 saturated carbocycles. The number of aromatic nitrogens is 2. The van der Waals surface area contributed by atoms with Crippen LogP contribution >= 0.6 is 15.6 Å². The molecule has 70 heavy (non-hydrogen) atoms. The Kier molecular flexibility index (Phi) is 34.1. The molecule has 2 heterocycles. The van der Waals surface area contributed by atoms with Crippen LogP contribution in [0.3, 0.4) is 0 Å². The lowest BCUT2D eigenvalue weighted by Gasteiger charge is -2.21. The number of hydrogen-bond acceptors (Lipinski definition) is 15. The van der Waals surface area contributed by atoms with Crippen molar-refractivity contribution in [2.75, 3.05) is 25.6 Å². The number of aliphatic hydroxyl groups is 2. The largest absolute Gasteiger partial charge is 0.481 e. The van der Waals surface area contributed by atoms with Crippen LogP contribution in [-0.2, 0) is 46.3 Å². The number of esters is 2. The third-order valence-corrected chi connectivity index (χ3v) is 13.7. The molecular weight excluding hydrogens is 945 g/mol. The van der Waals surface area contributed by atoms with Crippen LogP contribution < -0.4 is 11.4 Å². The van der Waals surface area contributed by atoms with Crippen LogP contribution in [0.1, 0.15) is 174 Å². The number of hydrogen-bond donors (Lipinski definition) is 5. The van der Waals surface area contributed by atoms with Crippen LogP contribution in [0.5, 0.6) is 0 Å². The Labute approximate surface area is 415 Å². The quantitative estimate of drug-likeness (QED) is 0.0177. The number of nitrogens with two attached hydrogens (primary N) is 1. The van der Waals surface area contributed by atoms with Crippen molar-refractivity contribution in [2.45, 2.75) is 199 Å². The number of rotatable bonds is 41. The number of carbonyl (C=O) groups excluding carboxylic acids is 2. The molecular formula is C50H83N3O15P2. The fraction of sp³-hybridized carbons (Fsp3) is 0.680. The second kappa shape index (κ2) is 38.1. The molecule has 1 aromatic rings. The van der Waals surface area contributed by atoms with Gasteiger partial charge < -0.3 is 39.9 Å². The Balaban J connectivity index is 1.82. The molecule has 0 bridgehead atoms. The van der Waals surface area contributed by atoms with Gasteiger partial charge in [0.2, 0.25) is 0 Å². The maximum atomic E-state index is 12.9. The van der Waals surface area contributed by atoms with E-state index in [1.807, 2.05) is 0 Å². The molecule has 7 atom stereocenters. The van der Waals surface area contributed by atoms with Crippen LogP contribution in [0.25, 0.3) is 0 Å². The molecule has 398 valence electrons. The highest BCUT2D eigenvalue weighted by atomic mass is 31.3. The molecule has 0 aromatic carbocycles. The SMILES string of the molecule is CCC=CCC=CCC=CCC=CCCCCCCC(=O)O[C@H](COC(=O)CCCCCCCC=CCCCCCCCC)COP(=O)(O)OP(=O)(O)OC[C@H]1O[C@@H](n2ccc(N)nc2=O)C(O)[C@H]1O. The Hall–Kier alpha value is -3.54. The summed E-state index contributed by atoms with van der Waals surface area (Å²) < 4.78 is 56.8. The second-order valence-electron chi connectivity index (χ2n) is 17.3. The highest BCUT2D eigenvalue weighted by Gasteiger charge is 2.46. The number of aliphatic hydroxyl groups excluding tert-OH is 2. The van der Waals surface area contributed by atoms with E-state index in [0.29, 0.717) is 12.8 Å².